The number of hydrogen-bond acceptors (Lipinski definition) is 2. The van der Waals surface area contributed by atoms with Crippen molar-refractivity contribution in [2.45, 2.75) is 17.7 Å². The van der Waals surface area contributed by atoms with Crippen molar-refractivity contribution in [1.82, 2.24) is 0 Å². The second kappa shape index (κ2) is 6.21. The molecule has 0 N–H and O–H groups in total. The number of unbranched alkanes of at least 4 members (excludes halogenated alkanes) is 1. The molecule has 0 saturated carbocycles. The zero-order valence-electron chi connectivity index (χ0n) is 9.23. The predicted octanol–water partition coefficient (Wildman–Crippen LogP) is 4.64. The maximum absolute atomic E-state index is 4.22. The maximum Gasteiger partial charge on any atom is 0.00783 e. The highest BCUT2D eigenvalue weighted by molar-refractivity contribution is 7.99. The summed E-state index contributed by atoms with van der Waals surface area (Å²) >= 11 is 6.16. The highest BCUT2D eigenvalue weighted by Gasteiger charge is 1.96. The van der Waals surface area contributed by atoms with Crippen LogP contribution in [-0.4, -0.2) is 11.5 Å². The van der Waals surface area contributed by atoms with E-state index in [9.17, 15) is 0 Å². The van der Waals surface area contributed by atoms with E-state index in [1.165, 1.54) is 34.3 Å². The molecular weight excluding hydrogens is 232 g/mol. The van der Waals surface area contributed by atoms with Gasteiger partial charge >= 0.3 is 0 Å². The molecule has 2 rings (SSSR count). The molecule has 2 heteroatoms. The molecule has 0 aliphatic heterocycles. The number of rotatable bonds is 5. The zero-order chi connectivity index (χ0) is 11.2. The summed E-state index contributed by atoms with van der Waals surface area (Å²) in [5, 5.41) is 2.66. The molecule has 0 nitrogen and oxygen atoms in total. The van der Waals surface area contributed by atoms with Gasteiger partial charge in [0.05, 0.1) is 0 Å². The van der Waals surface area contributed by atoms with E-state index in [1.54, 1.807) is 0 Å². The minimum Gasteiger partial charge on any atom is -0.179 e. The first-order valence-corrected chi connectivity index (χ1v) is 7.24. The lowest BCUT2D eigenvalue weighted by molar-refractivity contribution is 0.910. The third kappa shape index (κ3) is 3.19. The van der Waals surface area contributed by atoms with Crippen LogP contribution < -0.4 is 0 Å². The van der Waals surface area contributed by atoms with Crippen molar-refractivity contribution in [2.75, 3.05) is 11.5 Å². The number of fused-ring (bicyclic) bond motifs is 1. The summed E-state index contributed by atoms with van der Waals surface area (Å²) in [6.07, 6.45) is 2.46. The first-order chi connectivity index (χ1) is 7.90. The maximum atomic E-state index is 4.22. The van der Waals surface area contributed by atoms with Crippen LogP contribution in [0.4, 0.5) is 0 Å². The standard InChI is InChI=1S/C14H16S2/c15-9-3-4-10-16-14-8-7-12-5-1-2-6-13(12)11-14/h1-2,5-8,11,15H,3-4,9-10H2. The summed E-state index contributed by atoms with van der Waals surface area (Å²) in [5.74, 6) is 2.19. The molecule has 2 aromatic rings. The van der Waals surface area contributed by atoms with Crippen molar-refractivity contribution in [2.24, 2.45) is 0 Å². The molecule has 0 spiro atoms. The van der Waals surface area contributed by atoms with Crippen molar-refractivity contribution in [1.29, 1.82) is 0 Å². The molecular formula is C14H16S2. The van der Waals surface area contributed by atoms with Gasteiger partial charge in [-0.05, 0) is 47.3 Å². The minimum atomic E-state index is 0.998. The molecule has 0 atom stereocenters. The van der Waals surface area contributed by atoms with Crippen LogP contribution in [-0.2, 0) is 0 Å². The second-order valence-corrected chi connectivity index (χ2v) is 5.40. The average molecular weight is 248 g/mol. The van der Waals surface area contributed by atoms with Crippen LogP contribution in [0.3, 0.4) is 0 Å². The van der Waals surface area contributed by atoms with Crippen LogP contribution in [0.1, 0.15) is 12.8 Å². The SMILES string of the molecule is SCCCCSc1ccc2ccccc2c1. The lowest BCUT2D eigenvalue weighted by atomic mass is 10.1. The van der Waals surface area contributed by atoms with Crippen LogP contribution in [0.15, 0.2) is 47.4 Å². The van der Waals surface area contributed by atoms with E-state index >= 15 is 0 Å². The normalized spacial score (nSPS) is 10.8. The Balaban J connectivity index is 2.02. The largest absolute Gasteiger partial charge is 0.179 e. The van der Waals surface area contributed by atoms with Crippen LogP contribution in [0.2, 0.25) is 0 Å². The third-order valence-electron chi connectivity index (χ3n) is 2.54. The van der Waals surface area contributed by atoms with Crippen molar-refractivity contribution < 1.29 is 0 Å². The molecule has 0 saturated heterocycles. The van der Waals surface area contributed by atoms with Crippen molar-refractivity contribution >= 4 is 35.2 Å². The zero-order valence-corrected chi connectivity index (χ0v) is 10.9. The van der Waals surface area contributed by atoms with E-state index in [0.29, 0.717) is 0 Å². The molecule has 84 valence electrons. The molecule has 0 unspecified atom stereocenters. The second-order valence-electron chi connectivity index (χ2n) is 3.79. The van der Waals surface area contributed by atoms with Gasteiger partial charge in [-0.1, -0.05) is 30.3 Å². The predicted molar refractivity (Wildman–Crippen MR) is 77.8 cm³/mol. The molecule has 0 aromatic heterocycles. The number of thiol groups is 1. The Morgan fingerprint density at radius 1 is 0.938 bits per heavy atom. The Morgan fingerprint density at radius 3 is 2.56 bits per heavy atom. The Labute approximate surface area is 107 Å². The summed E-state index contributed by atoms with van der Waals surface area (Å²) in [6.45, 7) is 0. The van der Waals surface area contributed by atoms with Gasteiger partial charge in [0.1, 0.15) is 0 Å². The summed E-state index contributed by atoms with van der Waals surface area (Å²) in [7, 11) is 0. The number of benzene rings is 2. The Hall–Kier alpha value is -0.600. The van der Waals surface area contributed by atoms with E-state index in [4.69, 9.17) is 0 Å². The van der Waals surface area contributed by atoms with E-state index < -0.39 is 0 Å². The van der Waals surface area contributed by atoms with Gasteiger partial charge in [0.15, 0.2) is 0 Å². The Morgan fingerprint density at radius 2 is 1.75 bits per heavy atom. The van der Waals surface area contributed by atoms with Crippen LogP contribution in [0.5, 0.6) is 0 Å². The molecule has 0 heterocycles. The fourth-order valence-electron chi connectivity index (χ4n) is 1.66. The van der Waals surface area contributed by atoms with Gasteiger partial charge in [-0.2, -0.15) is 12.6 Å². The van der Waals surface area contributed by atoms with Crippen LogP contribution >= 0.6 is 24.4 Å². The van der Waals surface area contributed by atoms with Gasteiger partial charge in [-0.3, -0.25) is 0 Å². The lowest BCUT2D eigenvalue weighted by Crippen LogP contribution is -1.82. The monoisotopic (exact) mass is 248 g/mol. The topological polar surface area (TPSA) is 0 Å². The fourth-order valence-corrected chi connectivity index (χ4v) is 2.84. The number of thioether (sulfide) groups is 1. The molecule has 0 amide bonds. The number of hydrogen-bond donors (Lipinski definition) is 1. The van der Waals surface area contributed by atoms with Crippen molar-refractivity contribution in [3.05, 3.63) is 42.5 Å². The Kier molecular flexibility index (Phi) is 4.61. The average Bonchev–Trinajstić information content (AvgIpc) is 2.34. The Bertz CT molecular complexity index is 451. The van der Waals surface area contributed by atoms with E-state index in [-0.39, 0.29) is 0 Å². The van der Waals surface area contributed by atoms with Crippen molar-refractivity contribution in [3.8, 4) is 0 Å². The molecule has 2 aromatic carbocycles. The molecule has 0 bridgehead atoms. The lowest BCUT2D eigenvalue weighted by Gasteiger charge is -2.03. The van der Waals surface area contributed by atoms with Crippen LogP contribution in [0.25, 0.3) is 10.8 Å². The first-order valence-electron chi connectivity index (χ1n) is 5.62. The third-order valence-corrected chi connectivity index (χ3v) is 3.94. The van der Waals surface area contributed by atoms with Gasteiger partial charge in [0, 0.05) is 4.90 Å². The summed E-state index contributed by atoms with van der Waals surface area (Å²) in [5.41, 5.74) is 0. The first kappa shape index (κ1) is 11.9. The van der Waals surface area contributed by atoms with E-state index in [1.807, 2.05) is 11.8 Å². The van der Waals surface area contributed by atoms with Gasteiger partial charge < -0.3 is 0 Å². The quantitative estimate of drug-likeness (QED) is 0.457. The van der Waals surface area contributed by atoms with E-state index in [2.05, 4.69) is 55.1 Å². The smallest absolute Gasteiger partial charge is 0.00783 e. The van der Waals surface area contributed by atoms with Gasteiger partial charge in [0.25, 0.3) is 0 Å². The summed E-state index contributed by atoms with van der Waals surface area (Å²) in [4.78, 5) is 1.37. The fraction of sp³-hybridized carbons (Fsp3) is 0.286. The summed E-state index contributed by atoms with van der Waals surface area (Å²) in [6, 6.07) is 15.2. The van der Waals surface area contributed by atoms with Gasteiger partial charge in [-0.15, -0.1) is 11.8 Å². The van der Waals surface area contributed by atoms with Crippen LogP contribution in [0, 0.1) is 0 Å². The van der Waals surface area contributed by atoms with Crippen molar-refractivity contribution in [3.63, 3.8) is 0 Å². The highest BCUT2D eigenvalue weighted by atomic mass is 32.2. The molecule has 0 fully saturated rings. The van der Waals surface area contributed by atoms with E-state index in [0.717, 1.165) is 5.75 Å². The molecule has 0 aliphatic carbocycles. The summed E-state index contributed by atoms with van der Waals surface area (Å²) < 4.78 is 0. The van der Waals surface area contributed by atoms with Gasteiger partial charge in [0.2, 0.25) is 0 Å². The molecule has 16 heavy (non-hydrogen) atoms. The molecule has 0 radical (unpaired) electrons. The highest BCUT2D eigenvalue weighted by Crippen LogP contribution is 2.24. The molecule has 0 aliphatic rings. The minimum absolute atomic E-state index is 0.998. The van der Waals surface area contributed by atoms with Gasteiger partial charge in [-0.25, -0.2) is 0 Å².